The molecule has 1 aliphatic heterocycles. The Morgan fingerprint density at radius 3 is 2.82 bits per heavy atom. The van der Waals surface area contributed by atoms with Gasteiger partial charge in [0.2, 0.25) is 5.78 Å². The van der Waals surface area contributed by atoms with Crippen molar-refractivity contribution in [2.75, 3.05) is 0 Å². The molecule has 0 saturated heterocycles. The van der Waals surface area contributed by atoms with Gasteiger partial charge in [-0.05, 0) is 23.8 Å². The van der Waals surface area contributed by atoms with Gasteiger partial charge < -0.3 is 0 Å². The van der Waals surface area contributed by atoms with Crippen LogP contribution in [0.3, 0.4) is 0 Å². The van der Waals surface area contributed by atoms with Crippen molar-refractivity contribution in [1.82, 2.24) is 0 Å². The van der Waals surface area contributed by atoms with Gasteiger partial charge in [-0.15, -0.1) is 11.8 Å². The Morgan fingerprint density at radius 1 is 1.47 bits per heavy atom. The van der Waals surface area contributed by atoms with Crippen LogP contribution in [-0.2, 0) is 10.5 Å². The fourth-order valence-electron chi connectivity index (χ4n) is 1.64. The fraction of sp³-hybridized carbons (Fsp3) is 0.273. The molecule has 0 radical (unpaired) electrons. The Labute approximate surface area is 105 Å². The number of hydrogen-bond acceptors (Lipinski definition) is 3. The first kappa shape index (κ1) is 12.5. The van der Waals surface area contributed by atoms with Crippen molar-refractivity contribution in [1.29, 1.82) is 0 Å². The van der Waals surface area contributed by atoms with Gasteiger partial charge in [-0.25, -0.2) is 8.78 Å². The van der Waals surface area contributed by atoms with Crippen LogP contribution < -0.4 is 0 Å². The normalized spacial score (nSPS) is 19.3. The summed E-state index contributed by atoms with van der Waals surface area (Å²) in [5.74, 6) is -1.54. The van der Waals surface area contributed by atoms with E-state index in [4.69, 9.17) is 11.6 Å². The van der Waals surface area contributed by atoms with E-state index in [0.29, 0.717) is 21.9 Å². The molecule has 1 unspecified atom stereocenters. The van der Waals surface area contributed by atoms with E-state index in [1.807, 2.05) is 0 Å². The molecule has 0 N–H and O–H groups in total. The van der Waals surface area contributed by atoms with Gasteiger partial charge in [0.15, 0.2) is 5.78 Å². The van der Waals surface area contributed by atoms with Crippen LogP contribution in [0, 0.1) is 0 Å². The van der Waals surface area contributed by atoms with Crippen molar-refractivity contribution in [2.45, 2.75) is 17.4 Å². The maximum atomic E-state index is 12.3. The van der Waals surface area contributed by atoms with Crippen molar-refractivity contribution in [2.24, 2.45) is 0 Å². The fourth-order valence-corrected chi connectivity index (χ4v) is 2.96. The number of rotatable bonds is 2. The molecule has 0 aromatic heterocycles. The van der Waals surface area contributed by atoms with Crippen LogP contribution in [0.4, 0.5) is 8.78 Å². The zero-order valence-electron chi connectivity index (χ0n) is 8.45. The van der Waals surface area contributed by atoms with E-state index in [9.17, 15) is 18.4 Å². The van der Waals surface area contributed by atoms with Crippen molar-refractivity contribution in [3.05, 3.63) is 34.3 Å². The molecule has 0 saturated carbocycles. The van der Waals surface area contributed by atoms with E-state index >= 15 is 0 Å². The molecule has 1 aliphatic rings. The number of thioether (sulfide) groups is 1. The lowest BCUT2D eigenvalue weighted by atomic mass is 10.00. The summed E-state index contributed by atoms with van der Waals surface area (Å²) in [6.07, 6.45) is -3.11. The van der Waals surface area contributed by atoms with Crippen LogP contribution in [0.5, 0.6) is 0 Å². The van der Waals surface area contributed by atoms with E-state index in [0.717, 1.165) is 11.8 Å². The number of benzene rings is 1. The molecule has 2 rings (SSSR count). The molecule has 1 heterocycles. The number of carbonyl (C=O) groups is 2. The van der Waals surface area contributed by atoms with Crippen LogP contribution in [0.2, 0.25) is 5.02 Å². The second-order valence-corrected chi connectivity index (χ2v) is 5.09. The largest absolute Gasteiger partial charge is 0.297 e. The third-order valence-corrected chi connectivity index (χ3v) is 3.94. The maximum absolute atomic E-state index is 12.3. The molecule has 17 heavy (non-hydrogen) atoms. The number of hydrogen-bond donors (Lipinski definition) is 0. The van der Waals surface area contributed by atoms with Gasteiger partial charge in [0.05, 0.1) is 0 Å². The van der Waals surface area contributed by atoms with E-state index in [2.05, 4.69) is 0 Å². The maximum Gasteiger partial charge on any atom is 0.297 e. The summed E-state index contributed by atoms with van der Waals surface area (Å²) in [5, 5.41) is -0.806. The van der Waals surface area contributed by atoms with Crippen LogP contribution in [-0.4, -0.2) is 23.2 Å². The van der Waals surface area contributed by atoms with Gasteiger partial charge in [-0.3, -0.25) is 9.59 Å². The molecule has 0 fully saturated rings. The number of halogens is 3. The molecule has 0 amide bonds. The first-order valence-electron chi connectivity index (χ1n) is 4.77. The quantitative estimate of drug-likeness (QED) is 0.779. The van der Waals surface area contributed by atoms with Gasteiger partial charge in [0.1, 0.15) is 5.25 Å². The molecular formula is C11H7ClF2O2S. The molecule has 6 heteroatoms. The minimum absolute atomic E-state index is 0.312. The molecule has 0 spiro atoms. The highest BCUT2D eigenvalue weighted by Crippen LogP contribution is 2.33. The molecule has 1 aromatic carbocycles. The third-order valence-electron chi connectivity index (χ3n) is 2.45. The van der Waals surface area contributed by atoms with E-state index in [1.54, 1.807) is 6.07 Å². The van der Waals surface area contributed by atoms with E-state index in [1.165, 1.54) is 12.1 Å². The van der Waals surface area contributed by atoms with Crippen LogP contribution in [0.15, 0.2) is 18.2 Å². The topological polar surface area (TPSA) is 34.1 Å². The lowest BCUT2D eigenvalue weighted by Gasteiger charge is -2.21. The number of Topliss-reactive ketones (excluding diaryl/α,β-unsaturated/α-hetero) is 2. The SMILES string of the molecule is O=C1c2ccc(Cl)cc2CSC1C(=O)C(F)F. The summed E-state index contributed by atoms with van der Waals surface area (Å²) in [4.78, 5) is 23.0. The van der Waals surface area contributed by atoms with Crippen molar-refractivity contribution in [3.8, 4) is 0 Å². The molecule has 1 aromatic rings. The second kappa shape index (κ2) is 4.74. The lowest BCUT2D eigenvalue weighted by molar-refractivity contribution is -0.128. The molecular weight excluding hydrogens is 270 g/mol. The smallest absolute Gasteiger partial charge is 0.292 e. The molecule has 1 atom stereocenters. The van der Waals surface area contributed by atoms with Crippen molar-refractivity contribution >= 4 is 34.9 Å². The second-order valence-electron chi connectivity index (χ2n) is 3.56. The Bertz CT molecular complexity index is 490. The van der Waals surface area contributed by atoms with E-state index < -0.39 is 23.2 Å². The predicted molar refractivity (Wildman–Crippen MR) is 61.9 cm³/mol. The summed E-state index contributed by atoms with van der Waals surface area (Å²) in [7, 11) is 0. The Kier molecular flexibility index (Phi) is 3.49. The first-order chi connectivity index (χ1) is 8.00. The lowest BCUT2D eigenvalue weighted by Crippen LogP contribution is -2.34. The monoisotopic (exact) mass is 276 g/mol. The molecule has 0 aliphatic carbocycles. The molecule has 2 nitrogen and oxygen atoms in total. The Morgan fingerprint density at radius 2 is 2.18 bits per heavy atom. The van der Waals surface area contributed by atoms with Crippen LogP contribution in [0.25, 0.3) is 0 Å². The van der Waals surface area contributed by atoms with Crippen molar-refractivity contribution in [3.63, 3.8) is 0 Å². The summed E-state index contributed by atoms with van der Waals surface area (Å²) in [6, 6.07) is 4.61. The summed E-state index contributed by atoms with van der Waals surface area (Å²) in [5.41, 5.74) is 0.998. The molecule has 90 valence electrons. The predicted octanol–water partition coefficient (Wildman–Crippen LogP) is 2.97. The highest BCUT2D eigenvalue weighted by Gasteiger charge is 2.37. The molecule has 0 bridgehead atoms. The standard InChI is InChI=1S/C11H7ClF2O2S/c12-6-1-2-7-5(3-6)4-17-10(8(7)15)9(16)11(13)14/h1-3,10-11H,4H2. The van der Waals surface area contributed by atoms with Gasteiger partial charge in [-0.2, -0.15) is 0 Å². The minimum Gasteiger partial charge on any atom is -0.292 e. The summed E-state index contributed by atoms with van der Waals surface area (Å²) < 4.78 is 24.6. The van der Waals surface area contributed by atoms with Crippen LogP contribution in [0.1, 0.15) is 15.9 Å². The highest BCUT2D eigenvalue weighted by atomic mass is 35.5. The number of ketones is 2. The first-order valence-corrected chi connectivity index (χ1v) is 6.19. The summed E-state index contributed by atoms with van der Waals surface area (Å²) in [6.45, 7) is 0. The van der Waals surface area contributed by atoms with Crippen LogP contribution >= 0.6 is 23.4 Å². The van der Waals surface area contributed by atoms with Crippen molar-refractivity contribution < 1.29 is 18.4 Å². The minimum atomic E-state index is -3.11. The number of alkyl halides is 2. The van der Waals surface area contributed by atoms with Gasteiger partial charge in [0, 0.05) is 16.3 Å². The zero-order valence-corrected chi connectivity index (χ0v) is 10.0. The number of fused-ring (bicyclic) bond motifs is 1. The Balaban J connectivity index is 2.34. The average molecular weight is 277 g/mol. The van der Waals surface area contributed by atoms with Gasteiger partial charge >= 0.3 is 0 Å². The number of carbonyl (C=O) groups excluding carboxylic acids is 2. The Hall–Kier alpha value is -0.940. The summed E-state index contributed by atoms with van der Waals surface area (Å²) >= 11 is 6.69. The van der Waals surface area contributed by atoms with E-state index in [-0.39, 0.29) is 0 Å². The highest BCUT2D eigenvalue weighted by molar-refractivity contribution is 8.00. The third kappa shape index (κ3) is 2.35. The zero-order chi connectivity index (χ0) is 12.6. The van der Waals surface area contributed by atoms with Gasteiger partial charge in [-0.1, -0.05) is 11.6 Å². The average Bonchev–Trinajstić information content (AvgIpc) is 2.28. The van der Waals surface area contributed by atoms with Gasteiger partial charge in [0.25, 0.3) is 6.43 Å².